The fourth-order valence-electron chi connectivity index (χ4n) is 5.88. The molecular formula is C20H32. The zero-order valence-electron chi connectivity index (χ0n) is 14.0. The monoisotopic (exact) mass is 272 g/mol. The van der Waals surface area contributed by atoms with Crippen LogP contribution in [0.1, 0.15) is 79.1 Å². The Morgan fingerprint density at radius 2 is 1.80 bits per heavy atom. The minimum absolute atomic E-state index is 0.367. The van der Waals surface area contributed by atoms with Gasteiger partial charge in [0.25, 0.3) is 0 Å². The van der Waals surface area contributed by atoms with E-state index in [4.69, 9.17) is 0 Å². The van der Waals surface area contributed by atoms with Crippen LogP contribution in [-0.4, -0.2) is 0 Å². The summed E-state index contributed by atoms with van der Waals surface area (Å²) in [7, 11) is 0. The van der Waals surface area contributed by atoms with Gasteiger partial charge >= 0.3 is 0 Å². The summed E-state index contributed by atoms with van der Waals surface area (Å²) in [6.07, 6.45) is 13.2. The van der Waals surface area contributed by atoms with Crippen LogP contribution in [-0.2, 0) is 0 Å². The average molecular weight is 272 g/mol. The SMILES string of the molecule is C=C[C@]1(C)CCC2=C(CC[C@H]3C(C)(C)CCC[C@]23C)C1. The van der Waals surface area contributed by atoms with Crippen molar-refractivity contribution in [2.75, 3.05) is 0 Å². The number of fused-ring (bicyclic) bond motifs is 2. The third-order valence-corrected chi connectivity index (χ3v) is 7.14. The van der Waals surface area contributed by atoms with E-state index in [0.717, 1.165) is 5.92 Å². The van der Waals surface area contributed by atoms with E-state index in [2.05, 4.69) is 40.3 Å². The molecule has 3 atom stereocenters. The van der Waals surface area contributed by atoms with E-state index in [0.29, 0.717) is 16.2 Å². The summed E-state index contributed by atoms with van der Waals surface area (Å²) in [6.45, 7) is 14.1. The highest BCUT2D eigenvalue weighted by molar-refractivity contribution is 5.32. The molecule has 0 bridgehead atoms. The molecule has 0 nitrogen and oxygen atoms in total. The molecule has 0 aromatic heterocycles. The van der Waals surface area contributed by atoms with E-state index >= 15 is 0 Å². The Hall–Kier alpha value is -0.520. The van der Waals surface area contributed by atoms with E-state index in [-0.39, 0.29) is 0 Å². The first-order valence-corrected chi connectivity index (χ1v) is 8.66. The van der Waals surface area contributed by atoms with Gasteiger partial charge < -0.3 is 0 Å². The molecule has 0 aliphatic heterocycles. The summed E-state index contributed by atoms with van der Waals surface area (Å²) in [5.41, 5.74) is 5.12. The number of hydrogen-bond donors (Lipinski definition) is 0. The largest absolute Gasteiger partial charge is 0.103 e. The molecule has 112 valence electrons. The van der Waals surface area contributed by atoms with Crippen LogP contribution in [0.5, 0.6) is 0 Å². The van der Waals surface area contributed by atoms with Crippen molar-refractivity contribution in [3.63, 3.8) is 0 Å². The van der Waals surface area contributed by atoms with Crippen LogP contribution in [0, 0.1) is 22.2 Å². The molecule has 0 radical (unpaired) electrons. The fourth-order valence-corrected chi connectivity index (χ4v) is 5.88. The normalized spacial score (nSPS) is 43.7. The van der Waals surface area contributed by atoms with Crippen molar-refractivity contribution in [1.82, 2.24) is 0 Å². The summed E-state index contributed by atoms with van der Waals surface area (Å²) in [6, 6.07) is 0. The van der Waals surface area contributed by atoms with Crippen LogP contribution in [0.25, 0.3) is 0 Å². The van der Waals surface area contributed by atoms with E-state index in [9.17, 15) is 0 Å². The Labute approximate surface area is 125 Å². The predicted octanol–water partition coefficient (Wildman–Crippen LogP) is 6.29. The average Bonchev–Trinajstić information content (AvgIpc) is 2.37. The minimum atomic E-state index is 0.367. The molecule has 0 heterocycles. The van der Waals surface area contributed by atoms with E-state index in [1.54, 1.807) is 0 Å². The molecule has 0 spiro atoms. The molecule has 3 aliphatic rings. The summed E-state index contributed by atoms with van der Waals surface area (Å²) >= 11 is 0. The van der Waals surface area contributed by atoms with Gasteiger partial charge in [-0.1, -0.05) is 51.3 Å². The zero-order valence-corrected chi connectivity index (χ0v) is 14.0. The van der Waals surface area contributed by atoms with Gasteiger partial charge in [-0.3, -0.25) is 0 Å². The maximum absolute atomic E-state index is 4.09. The second kappa shape index (κ2) is 4.49. The second-order valence-corrected chi connectivity index (χ2v) is 8.97. The van der Waals surface area contributed by atoms with Crippen molar-refractivity contribution in [2.24, 2.45) is 22.2 Å². The zero-order chi connectivity index (χ0) is 14.6. The minimum Gasteiger partial charge on any atom is -0.103 e. The Morgan fingerprint density at radius 1 is 1.05 bits per heavy atom. The summed E-state index contributed by atoms with van der Waals surface area (Å²) in [4.78, 5) is 0. The van der Waals surface area contributed by atoms with Gasteiger partial charge in [0.15, 0.2) is 0 Å². The molecule has 3 aliphatic carbocycles. The lowest BCUT2D eigenvalue weighted by molar-refractivity contribution is 0.00583. The molecular weight excluding hydrogens is 240 g/mol. The third kappa shape index (κ3) is 2.02. The lowest BCUT2D eigenvalue weighted by Crippen LogP contribution is -2.46. The highest BCUT2D eigenvalue weighted by atomic mass is 14.6. The molecule has 0 unspecified atom stereocenters. The quantitative estimate of drug-likeness (QED) is 0.492. The maximum atomic E-state index is 4.09. The third-order valence-electron chi connectivity index (χ3n) is 7.14. The van der Waals surface area contributed by atoms with Crippen molar-refractivity contribution in [1.29, 1.82) is 0 Å². The lowest BCUT2D eigenvalue weighted by Gasteiger charge is -2.57. The molecule has 3 rings (SSSR count). The van der Waals surface area contributed by atoms with Crippen LogP contribution in [0.4, 0.5) is 0 Å². The highest BCUT2D eigenvalue weighted by Gasteiger charge is 2.51. The molecule has 0 saturated heterocycles. The van der Waals surface area contributed by atoms with Crippen LogP contribution >= 0.6 is 0 Å². The topological polar surface area (TPSA) is 0 Å². The van der Waals surface area contributed by atoms with Crippen molar-refractivity contribution in [2.45, 2.75) is 79.1 Å². The Balaban J connectivity index is 1.98. The Kier molecular flexibility index (Phi) is 3.23. The summed E-state index contributed by atoms with van der Waals surface area (Å²) in [5, 5.41) is 0. The summed E-state index contributed by atoms with van der Waals surface area (Å²) in [5.74, 6) is 0.913. The van der Waals surface area contributed by atoms with Gasteiger partial charge in [0.1, 0.15) is 0 Å². The van der Waals surface area contributed by atoms with Crippen LogP contribution in [0.2, 0.25) is 0 Å². The first-order valence-electron chi connectivity index (χ1n) is 8.66. The summed E-state index contributed by atoms with van der Waals surface area (Å²) < 4.78 is 0. The molecule has 1 saturated carbocycles. The van der Waals surface area contributed by atoms with Crippen molar-refractivity contribution >= 4 is 0 Å². The van der Waals surface area contributed by atoms with Gasteiger partial charge in [-0.15, -0.1) is 6.58 Å². The van der Waals surface area contributed by atoms with Gasteiger partial charge in [0, 0.05) is 0 Å². The Morgan fingerprint density at radius 3 is 2.50 bits per heavy atom. The number of allylic oxidation sites excluding steroid dienone is 3. The highest BCUT2D eigenvalue weighted by Crippen LogP contribution is 2.62. The molecule has 0 aromatic rings. The molecule has 1 fully saturated rings. The van der Waals surface area contributed by atoms with Crippen molar-refractivity contribution in [3.05, 3.63) is 23.8 Å². The smallest absolute Gasteiger partial charge is 0.00803 e. The van der Waals surface area contributed by atoms with Crippen LogP contribution < -0.4 is 0 Å². The fraction of sp³-hybridized carbons (Fsp3) is 0.800. The van der Waals surface area contributed by atoms with E-state index < -0.39 is 0 Å². The van der Waals surface area contributed by atoms with E-state index in [1.165, 1.54) is 51.4 Å². The van der Waals surface area contributed by atoms with Crippen LogP contribution in [0.3, 0.4) is 0 Å². The standard InChI is InChI=1S/C20H32/c1-6-19(4)13-10-16-15(14-19)8-9-17-18(2,3)11-7-12-20(16,17)5/h6,17H,1,7-14H2,2-5H3/t17-,19+,20+/m0/s1. The second-order valence-electron chi connectivity index (χ2n) is 8.97. The van der Waals surface area contributed by atoms with Gasteiger partial charge in [-0.05, 0) is 67.1 Å². The van der Waals surface area contributed by atoms with Gasteiger partial charge in [-0.2, -0.15) is 0 Å². The molecule has 0 aromatic carbocycles. The van der Waals surface area contributed by atoms with Gasteiger partial charge in [0.2, 0.25) is 0 Å². The number of hydrogen-bond acceptors (Lipinski definition) is 0. The Bertz CT molecular complexity index is 453. The molecule has 0 amide bonds. The van der Waals surface area contributed by atoms with Crippen molar-refractivity contribution < 1.29 is 0 Å². The molecule has 0 N–H and O–H groups in total. The van der Waals surface area contributed by atoms with Gasteiger partial charge in [0.05, 0.1) is 0 Å². The van der Waals surface area contributed by atoms with E-state index in [1.807, 2.05) is 11.1 Å². The van der Waals surface area contributed by atoms with Gasteiger partial charge in [-0.25, -0.2) is 0 Å². The van der Waals surface area contributed by atoms with Crippen molar-refractivity contribution in [3.8, 4) is 0 Å². The lowest BCUT2D eigenvalue weighted by atomic mass is 9.48. The first kappa shape index (κ1) is 14.4. The number of rotatable bonds is 1. The first-order chi connectivity index (χ1) is 9.31. The molecule has 20 heavy (non-hydrogen) atoms. The molecule has 0 heteroatoms. The maximum Gasteiger partial charge on any atom is -0.00803 e. The van der Waals surface area contributed by atoms with Crippen LogP contribution in [0.15, 0.2) is 23.8 Å². The predicted molar refractivity (Wildman–Crippen MR) is 87.6 cm³/mol.